The van der Waals surface area contributed by atoms with E-state index in [1.165, 1.54) is 12.8 Å². The van der Waals surface area contributed by atoms with Gasteiger partial charge in [-0.2, -0.15) is 0 Å². The number of ether oxygens (including phenoxy) is 1. The first-order valence-corrected chi connectivity index (χ1v) is 6.71. The molecule has 0 aromatic heterocycles. The molecule has 1 heterocycles. The van der Waals surface area contributed by atoms with E-state index in [-0.39, 0.29) is 5.91 Å². The molecule has 0 aromatic carbocycles. The fourth-order valence-corrected chi connectivity index (χ4v) is 2.27. The highest BCUT2D eigenvalue weighted by atomic mass is 16.5. The number of hydrogen-bond donors (Lipinski definition) is 1. The molecule has 2 atom stereocenters. The van der Waals surface area contributed by atoms with Crippen molar-refractivity contribution in [2.45, 2.75) is 38.7 Å². The van der Waals surface area contributed by atoms with E-state index in [2.05, 4.69) is 0 Å². The quantitative estimate of drug-likeness (QED) is 0.799. The van der Waals surface area contributed by atoms with Crippen LogP contribution in [0.3, 0.4) is 0 Å². The molecular weight excluding hydrogens is 234 g/mol. The third kappa shape index (κ3) is 3.45. The number of rotatable bonds is 5. The van der Waals surface area contributed by atoms with Gasteiger partial charge in [-0.05, 0) is 38.5 Å². The van der Waals surface area contributed by atoms with Crippen LogP contribution in [-0.2, 0) is 14.3 Å². The van der Waals surface area contributed by atoms with Gasteiger partial charge in [0.25, 0.3) is 5.91 Å². The first-order chi connectivity index (χ1) is 8.58. The molecule has 102 valence electrons. The molecule has 0 bridgehead atoms. The number of carboxylic acids is 1. The number of carbonyl (C=O) groups excluding carboxylic acids is 1. The molecule has 2 fully saturated rings. The standard InChI is InChI=1S/C13H21NO4/c1-9(18-8-10-4-5-10)12(15)14-6-2-3-11(7-14)13(16)17/h9-11H,2-8H2,1H3,(H,16,17)/t9-,11+/m1/s1. The third-order valence-corrected chi connectivity index (χ3v) is 3.71. The van der Waals surface area contributed by atoms with Crippen LogP contribution in [0.2, 0.25) is 0 Å². The molecule has 2 rings (SSSR count). The molecule has 0 spiro atoms. The average Bonchev–Trinajstić information content (AvgIpc) is 3.19. The SMILES string of the molecule is C[C@@H](OCC1CC1)C(=O)N1CCC[C@H](C(=O)O)C1. The Morgan fingerprint density at radius 2 is 2.11 bits per heavy atom. The Kier molecular flexibility index (Phi) is 4.22. The topological polar surface area (TPSA) is 66.8 Å². The molecule has 5 heteroatoms. The number of carbonyl (C=O) groups is 2. The minimum atomic E-state index is -0.806. The molecular formula is C13H21NO4. The largest absolute Gasteiger partial charge is 0.481 e. The first-order valence-electron chi connectivity index (χ1n) is 6.71. The van der Waals surface area contributed by atoms with Gasteiger partial charge >= 0.3 is 5.97 Å². The van der Waals surface area contributed by atoms with E-state index in [0.29, 0.717) is 32.0 Å². The average molecular weight is 255 g/mol. The zero-order chi connectivity index (χ0) is 13.1. The highest BCUT2D eigenvalue weighted by molar-refractivity contribution is 5.81. The highest BCUT2D eigenvalue weighted by Crippen LogP contribution is 2.29. The fraction of sp³-hybridized carbons (Fsp3) is 0.846. The van der Waals surface area contributed by atoms with Crippen molar-refractivity contribution in [2.75, 3.05) is 19.7 Å². The second kappa shape index (κ2) is 5.69. The van der Waals surface area contributed by atoms with Crippen molar-refractivity contribution < 1.29 is 19.4 Å². The van der Waals surface area contributed by atoms with Crippen LogP contribution in [0.1, 0.15) is 32.6 Å². The lowest BCUT2D eigenvalue weighted by Crippen LogP contribution is -2.46. The molecule has 0 unspecified atom stereocenters. The molecule has 1 saturated heterocycles. The van der Waals surface area contributed by atoms with Gasteiger partial charge in [-0.15, -0.1) is 0 Å². The smallest absolute Gasteiger partial charge is 0.308 e. The van der Waals surface area contributed by atoms with Gasteiger partial charge in [0, 0.05) is 13.1 Å². The van der Waals surface area contributed by atoms with Crippen molar-refractivity contribution in [3.63, 3.8) is 0 Å². The summed E-state index contributed by atoms with van der Waals surface area (Å²) in [7, 11) is 0. The van der Waals surface area contributed by atoms with Gasteiger partial charge in [0.05, 0.1) is 12.5 Å². The molecule has 1 aliphatic heterocycles. The van der Waals surface area contributed by atoms with E-state index < -0.39 is 18.0 Å². The fourth-order valence-electron chi connectivity index (χ4n) is 2.27. The summed E-state index contributed by atoms with van der Waals surface area (Å²) in [6.07, 6.45) is 3.38. The van der Waals surface area contributed by atoms with E-state index >= 15 is 0 Å². The van der Waals surface area contributed by atoms with Crippen LogP contribution in [0.25, 0.3) is 0 Å². The van der Waals surface area contributed by atoms with Gasteiger partial charge in [0.15, 0.2) is 0 Å². The predicted molar refractivity (Wildman–Crippen MR) is 65.1 cm³/mol. The summed E-state index contributed by atoms with van der Waals surface area (Å²) >= 11 is 0. The number of hydrogen-bond acceptors (Lipinski definition) is 3. The Morgan fingerprint density at radius 1 is 1.39 bits per heavy atom. The maximum absolute atomic E-state index is 12.1. The van der Waals surface area contributed by atoms with E-state index in [9.17, 15) is 9.59 Å². The summed E-state index contributed by atoms with van der Waals surface area (Å²) in [5.41, 5.74) is 0. The van der Waals surface area contributed by atoms with Crippen LogP contribution in [-0.4, -0.2) is 47.7 Å². The Morgan fingerprint density at radius 3 is 2.72 bits per heavy atom. The molecule has 0 aromatic rings. The van der Waals surface area contributed by atoms with Gasteiger partial charge in [0.2, 0.25) is 0 Å². The van der Waals surface area contributed by atoms with Crippen molar-refractivity contribution >= 4 is 11.9 Å². The highest BCUT2D eigenvalue weighted by Gasteiger charge is 2.31. The van der Waals surface area contributed by atoms with Crippen LogP contribution < -0.4 is 0 Å². The van der Waals surface area contributed by atoms with Gasteiger partial charge in [-0.1, -0.05) is 0 Å². The zero-order valence-electron chi connectivity index (χ0n) is 10.8. The summed E-state index contributed by atoms with van der Waals surface area (Å²) in [5.74, 6) is -0.660. The molecule has 5 nitrogen and oxygen atoms in total. The summed E-state index contributed by atoms with van der Waals surface area (Å²) in [4.78, 5) is 24.7. The molecule has 1 saturated carbocycles. The number of carboxylic acid groups (broad SMARTS) is 1. The number of aliphatic carboxylic acids is 1. The van der Waals surface area contributed by atoms with E-state index in [1.807, 2.05) is 0 Å². The maximum atomic E-state index is 12.1. The van der Waals surface area contributed by atoms with Crippen LogP contribution in [0.5, 0.6) is 0 Å². The molecule has 2 aliphatic rings. The Bertz CT molecular complexity index is 327. The van der Waals surface area contributed by atoms with E-state index in [4.69, 9.17) is 9.84 Å². The maximum Gasteiger partial charge on any atom is 0.308 e. The monoisotopic (exact) mass is 255 g/mol. The summed E-state index contributed by atoms with van der Waals surface area (Å²) in [6.45, 7) is 3.39. The summed E-state index contributed by atoms with van der Waals surface area (Å²) < 4.78 is 5.54. The van der Waals surface area contributed by atoms with Crippen molar-refractivity contribution in [1.29, 1.82) is 0 Å². The second-order valence-electron chi connectivity index (χ2n) is 5.38. The van der Waals surface area contributed by atoms with Crippen LogP contribution in [0.4, 0.5) is 0 Å². The molecule has 1 amide bonds. The number of nitrogens with zero attached hydrogens (tertiary/aromatic N) is 1. The Balaban J connectivity index is 1.80. The van der Waals surface area contributed by atoms with Crippen LogP contribution in [0, 0.1) is 11.8 Å². The first kappa shape index (κ1) is 13.3. The van der Waals surface area contributed by atoms with Crippen molar-refractivity contribution in [2.24, 2.45) is 11.8 Å². The van der Waals surface area contributed by atoms with E-state index in [0.717, 1.165) is 6.42 Å². The number of likely N-dealkylation sites (tertiary alicyclic amines) is 1. The van der Waals surface area contributed by atoms with Gasteiger partial charge in [-0.25, -0.2) is 0 Å². The minimum Gasteiger partial charge on any atom is -0.481 e. The van der Waals surface area contributed by atoms with Crippen LogP contribution >= 0.6 is 0 Å². The number of amides is 1. The molecule has 0 radical (unpaired) electrons. The van der Waals surface area contributed by atoms with Gasteiger partial charge < -0.3 is 14.7 Å². The van der Waals surface area contributed by atoms with Crippen LogP contribution in [0.15, 0.2) is 0 Å². The predicted octanol–water partition coefficient (Wildman–Crippen LogP) is 1.12. The van der Waals surface area contributed by atoms with Crippen molar-refractivity contribution in [3.8, 4) is 0 Å². The Hall–Kier alpha value is -1.10. The second-order valence-corrected chi connectivity index (χ2v) is 5.38. The van der Waals surface area contributed by atoms with Gasteiger partial charge in [-0.3, -0.25) is 9.59 Å². The molecule has 18 heavy (non-hydrogen) atoms. The third-order valence-electron chi connectivity index (χ3n) is 3.71. The van der Waals surface area contributed by atoms with Crippen molar-refractivity contribution in [3.05, 3.63) is 0 Å². The normalized spacial score (nSPS) is 25.8. The summed E-state index contributed by atoms with van der Waals surface area (Å²) in [5, 5.41) is 8.99. The molecule has 1 aliphatic carbocycles. The Labute approximate surface area is 107 Å². The van der Waals surface area contributed by atoms with E-state index in [1.54, 1.807) is 11.8 Å². The minimum absolute atomic E-state index is 0.0680. The number of piperidine rings is 1. The lowest BCUT2D eigenvalue weighted by molar-refractivity contribution is -0.150. The lowest BCUT2D eigenvalue weighted by atomic mass is 9.98. The zero-order valence-corrected chi connectivity index (χ0v) is 10.8. The molecule has 1 N–H and O–H groups in total. The van der Waals surface area contributed by atoms with Gasteiger partial charge in [0.1, 0.15) is 6.10 Å². The van der Waals surface area contributed by atoms with Crippen molar-refractivity contribution in [1.82, 2.24) is 4.90 Å². The lowest BCUT2D eigenvalue weighted by Gasteiger charge is -2.32. The summed E-state index contributed by atoms with van der Waals surface area (Å²) in [6, 6.07) is 0.